The summed E-state index contributed by atoms with van der Waals surface area (Å²) in [6.07, 6.45) is 3.44. The minimum absolute atomic E-state index is 0.00658. The Kier molecular flexibility index (Phi) is 8.38. The molecule has 0 aliphatic carbocycles. The average molecular weight is 542 g/mol. The number of nitrogens with zero attached hydrogens (tertiary/aromatic N) is 2. The van der Waals surface area contributed by atoms with Gasteiger partial charge in [0.15, 0.2) is 10.7 Å². The predicted octanol–water partition coefficient (Wildman–Crippen LogP) is 4.51. The van der Waals surface area contributed by atoms with Crippen LogP contribution in [0.4, 0.5) is 10.1 Å². The van der Waals surface area contributed by atoms with Crippen molar-refractivity contribution in [3.63, 3.8) is 0 Å². The second-order valence-electron chi connectivity index (χ2n) is 8.79. The van der Waals surface area contributed by atoms with Gasteiger partial charge in [0.2, 0.25) is 15.9 Å². The third kappa shape index (κ3) is 6.00. The molecule has 1 aliphatic heterocycles. The SMILES string of the molecule is CCOC(=O)c1cccc(NC(=O)C2CCN(S(=O)(=O)c3c(C)noc3/C=C/c3ccccc3F)CC2)c1. The summed E-state index contributed by atoms with van der Waals surface area (Å²) in [7, 11) is -3.97. The summed E-state index contributed by atoms with van der Waals surface area (Å²) in [6, 6.07) is 12.6. The number of aryl methyl sites for hydroxylation is 1. The van der Waals surface area contributed by atoms with Crippen LogP contribution in [0.15, 0.2) is 57.9 Å². The molecule has 9 nitrogen and oxygen atoms in total. The number of hydrogen-bond acceptors (Lipinski definition) is 7. The number of piperidine rings is 1. The number of ether oxygens (including phenoxy) is 1. The molecular weight excluding hydrogens is 513 g/mol. The van der Waals surface area contributed by atoms with Gasteiger partial charge in [-0.1, -0.05) is 29.4 Å². The standard InChI is InChI=1S/C27H28FN3O6S/c1-3-36-27(33)21-8-6-9-22(17-21)29-26(32)20-13-15-31(16-14-20)38(34,35)25-18(2)30-37-24(25)12-11-19-7-4-5-10-23(19)28/h4-12,17,20H,3,13-16H2,1-2H3,(H,29,32)/b12-11+. The quantitative estimate of drug-likeness (QED) is 0.417. The average Bonchev–Trinajstić information content (AvgIpc) is 3.29. The van der Waals surface area contributed by atoms with Gasteiger partial charge in [-0.25, -0.2) is 17.6 Å². The molecule has 1 amide bonds. The van der Waals surface area contributed by atoms with Crippen LogP contribution in [0.25, 0.3) is 12.2 Å². The van der Waals surface area contributed by atoms with E-state index >= 15 is 0 Å². The minimum Gasteiger partial charge on any atom is -0.462 e. The second kappa shape index (κ2) is 11.7. The monoisotopic (exact) mass is 541 g/mol. The number of carbonyl (C=O) groups is 2. The van der Waals surface area contributed by atoms with Gasteiger partial charge in [0, 0.05) is 30.3 Å². The van der Waals surface area contributed by atoms with E-state index in [1.54, 1.807) is 49.4 Å². The highest BCUT2D eigenvalue weighted by Gasteiger charge is 2.36. The van der Waals surface area contributed by atoms with E-state index in [2.05, 4.69) is 10.5 Å². The first kappa shape index (κ1) is 27.2. The predicted molar refractivity (Wildman–Crippen MR) is 139 cm³/mol. The number of amides is 1. The fraction of sp³-hybridized carbons (Fsp3) is 0.296. The van der Waals surface area contributed by atoms with Crippen molar-refractivity contribution in [2.75, 3.05) is 25.0 Å². The van der Waals surface area contributed by atoms with Crippen LogP contribution in [0.2, 0.25) is 0 Å². The molecule has 1 saturated heterocycles. The normalized spacial score (nSPS) is 15.0. The molecule has 1 aromatic heterocycles. The Morgan fingerprint density at radius 1 is 1.16 bits per heavy atom. The summed E-state index contributed by atoms with van der Waals surface area (Å²) in [4.78, 5) is 24.7. The van der Waals surface area contributed by atoms with Crippen molar-refractivity contribution >= 4 is 39.7 Å². The molecule has 0 radical (unpaired) electrons. The van der Waals surface area contributed by atoms with Gasteiger partial charge in [0.25, 0.3) is 0 Å². The topological polar surface area (TPSA) is 119 Å². The molecule has 3 aromatic rings. The summed E-state index contributed by atoms with van der Waals surface area (Å²) in [5.41, 5.74) is 1.26. The number of rotatable bonds is 8. The van der Waals surface area contributed by atoms with Crippen LogP contribution >= 0.6 is 0 Å². The zero-order valence-corrected chi connectivity index (χ0v) is 21.8. The van der Waals surface area contributed by atoms with Crippen LogP contribution in [0.3, 0.4) is 0 Å². The molecule has 2 heterocycles. The summed E-state index contributed by atoms with van der Waals surface area (Å²) in [5, 5.41) is 6.62. The van der Waals surface area contributed by atoms with Gasteiger partial charge < -0.3 is 14.6 Å². The molecule has 200 valence electrons. The number of hydrogen-bond donors (Lipinski definition) is 1. The third-order valence-electron chi connectivity index (χ3n) is 6.22. The molecule has 4 rings (SSSR count). The van der Waals surface area contributed by atoms with E-state index in [9.17, 15) is 22.4 Å². The van der Waals surface area contributed by atoms with Crippen molar-refractivity contribution in [1.82, 2.24) is 9.46 Å². The Labute approximate surface area is 220 Å². The van der Waals surface area contributed by atoms with E-state index in [-0.39, 0.29) is 47.5 Å². The number of nitrogens with one attached hydrogen (secondary N) is 1. The Hall–Kier alpha value is -3.83. The smallest absolute Gasteiger partial charge is 0.338 e. The first-order valence-corrected chi connectivity index (χ1v) is 13.6. The number of halogens is 1. The number of carbonyl (C=O) groups excluding carboxylic acids is 2. The molecule has 2 aromatic carbocycles. The highest BCUT2D eigenvalue weighted by molar-refractivity contribution is 7.89. The van der Waals surface area contributed by atoms with Crippen LogP contribution in [-0.4, -0.2) is 49.5 Å². The van der Waals surface area contributed by atoms with Gasteiger partial charge in [-0.05, 0) is 63.1 Å². The Morgan fingerprint density at radius 2 is 1.89 bits per heavy atom. The summed E-state index contributed by atoms with van der Waals surface area (Å²) < 4.78 is 52.4. The Bertz CT molecular complexity index is 1460. The lowest BCUT2D eigenvalue weighted by Gasteiger charge is -2.30. The first-order chi connectivity index (χ1) is 18.2. The lowest BCUT2D eigenvalue weighted by Crippen LogP contribution is -2.41. The van der Waals surface area contributed by atoms with Crippen molar-refractivity contribution in [3.8, 4) is 0 Å². The van der Waals surface area contributed by atoms with Crippen molar-refractivity contribution < 1.29 is 31.7 Å². The highest BCUT2D eigenvalue weighted by atomic mass is 32.2. The lowest BCUT2D eigenvalue weighted by atomic mass is 9.97. The van der Waals surface area contributed by atoms with Gasteiger partial charge in [0.05, 0.1) is 12.2 Å². The van der Waals surface area contributed by atoms with Crippen LogP contribution in [0.5, 0.6) is 0 Å². The van der Waals surface area contributed by atoms with Crippen molar-refractivity contribution in [2.24, 2.45) is 5.92 Å². The molecule has 1 N–H and O–H groups in total. The number of aromatic nitrogens is 1. The number of benzene rings is 2. The molecule has 0 spiro atoms. The van der Waals surface area contributed by atoms with E-state index in [4.69, 9.17) is 9.26 Å². The zero-order valence-electron chi connectivity index (χ0n) is 21.0. The van der Waals surface area contributed by atoms with Crippen LogP contribution < -0.4 is 5.32 Å². The van der Waals surface area contributed by atoms with Gasteiger partial charge in [-0.2, -0.15) is 4.31 Å². The second-order valence-corrected chi connectivity index (χ2v) is 10.7. The first-order valence-electron chi connectivity index (χ1n) is 12.2. The molecule has 1 fully saturated rings. The molecule has 0 atom stereocenters. The van der Waals surface area contributed by atoms with Gasteiger partial charge in [-0.3, -0.25) is 4.79 Å². The molecule has 0 unspecified atom stereocenters. The van der Waals surface area contributed by atoms with Crippen molar-refractivity contribution in [3.05, 3.63) is 76.9 Å². The molecule has 38 heavy (non-hydrogen) atoms. The van der Waals surface area contributed by atoms with E-state index in [1.807, 2.05) is 0 Å². The highest BCUT2D eigenvalue weighted by Crippen LogP contribution is 2.30. The van der Waals surface area contributed by atoms with Crippen molar-refractivity contribution in [1.29, 1.82) is 0 Å². The van der Waals surface area contributed by atoms with Gasteiger partial charge >= 0.3 is 5.97 Å². The maximum atomic E-state index is 14.0. The summed E-state index contributed by atoms with van der Waals surface area (Å²) in [5.74, 6) is -1.58. The minimum atomic E-state index is -3.97. The van der Waals surface area contributed by atoms with E-state index in [0.717, 1.165) is 0 Å². The number of anilines is 1. The van der Waals surface area contributed by atoms with E-state index < -0.39 is 27.7 Å². The maximum Gasteiger partial charge on any atom is 0.338 e. The largest absolute Gasteiger partial charge is 0.462 e. The fourth-order valence-corrected chi connectivity index (χ4v) is 5.96. The number of esters is 1. The molecule has 11 heteroatoms. The van der Waals surface area contributed by atoms with Crippen LogP contribution in [-0.2, 0) is 19.6 Å². The van der Waals surface area contributed by atoms with Crippen LogP contribution in [0.1, 0.15) is 47.1 Å². The molecule has 0 bridgehead atoms. The third-order valence-corrected chi connectivity index (χ3v) is 8.27. The molecule has 1 aliphatic rings. The van der Waals surface area contributed by atoms with Crippen molar-refractivity contribution in [2.45, 2.75) is 31.6 Å². The molecular formula is C27H28FN3O6S. The van der Waals surface area contributed by atoms with Gasteiger partial charge in [0.1, 0.15) is 11.5 Å². The van der Waals surface area contributed by atoms with Crippen LogP contribution in [0, 0.1) is 18.7 Å². The summed E-state index contributed by atoms with van der Waals surface area (Å²) >= 11 is 0. The zero-order chi connectivity index (χ0) is 27.3. The summed E-state index contributed by atoms with van der Waals surface area (Å²) in [6.45, 7) is 3.74. The Balaban J connectivity index is 1.42. The van der Waals surface area contributed by atoms with E-state index in [1.165, 1.54) is 29.4 Å². The Morgan fingerprint density at radius 3 is 2.61 bits per heavy atom. The number of sulfonamides is 1. The maximum absolute atomic E-state index is 14.0. The molecule has 0 saturated carbocycles. The van der Waals surface area contributed by atoms with E-state index in [0.29, 0.717) is 24.1 Å². The fourth-order valence-electron chi connectivity index (χ4n) is 4.24. The lowest BCUT2D eigenvalue weighted by molar-refractivity contribution is -0.120. The van der Waals surface area contributed by atoms with Gasteiger partial charge in [-0.15, -0.1) is 0 Å².